The first-order valence-electron chi connectivity index (χ1n) is 12.4. The van der Waals surface area contributed by atoms with Crippen molar-refractivity contribution in [3.05, 3.63) is 87.4 Å². The van der Waals surface area contributed by atoms with Gasteiger partial charge < -0.3 is 19.5 Å². The number of fused-ring (bicyclic) bond motifs is 1. The van der Waals surface area contributed by atoms with E-state index in [1.54, 1.807) is 0 Å². The van der Waals surface area contributed by atoms with Crippen LogP contribution in [-0.2, 0) is 16.9 Å². The van der Waals surface area contributed by atoms with Gasteiger partial charge in [0.15, 0.2) is 4.88 Å². The first kappa shape index (κ1) is 27.6. The van der Waals surface area contributed by atoms with E-state index >= 15 is 0 Å². The van der Waals surface area contributed by atoms with E-state index in [1.807, 2.05) is 49.0 Å². The highest BCUT2D eigenvalue weighted by Crippen LogP contribution is 2.43. The fourth-order valence-electron chi connectivity index (χ4n) is 4.19. The molecule has 1 N–H and O–H groups in total. The highest BCUT2D eigenvalue weighted by atomic mass is 35.5. The van der Waals surface area contributed by atoms with Crippen LogP contribution in [0, 0.1) is 0 Å². The van der Waals surface area contributed by atoms with Gasteiger partial charge in [-0.2, -0.15) is 11.8 Å². The van der Waals surface area contributed by atoms with Crippen molar-refractivity contribution in [3.8, 4) is 5.75 Å². The second-order valence-electron chi connectivity index (χ2n) is 8.79. The van der Waals surface area contributed by atoms with Crippen LogP contribution in [0.5, 0.6) is 5.75 Å². The molecule has 37 heavy (non-hydrogen) atoms. The van der Waals surface area contributed by atoms with Crippen molar-refractivity contribution in [2.75, 3.05) is 24.4 Å². The van der Waals surface area contributed by atoms with E-state index in [0.29, 0.717) is 15.6 Å². The zero-order valence-electron chi connectivity index (χ0n) is 21.1. The first-order valence-corrected chi connectivity index (χ1v) is 14.8. The third kappa shape index (κ3) is 6.90. The molecule has 0 unspecified atom stereocenters. The number of methoxy groups -OCH3 is 1. The average Bonchev–Trinajstić information content (AvgIpc) is 3.20. The number of thiophene rings is 1. The largest absolute Gasteiger partial charge is 0.484 e. The van der Waals surface area contributed by atoms with Crippen molar-refractivity contribution in [2.24, 2.45) is 0 Å². The molecule has 0 radical (unpaired) electrons. The molecule has 1 aliphatic rings. The number of carbonyl (C=O) groups is 1. The monoisotopic (exact) mass is 557 g/mol. The van der Waals surface area contributed by atoms with E-state index < -0.39 is 5.97 Å². The third-order valence-electron chi connectivity index (χ3n) is 6.15. The average molecular weight is 558 g/mol. The lowest BCUT2D eigenvalue weighted by molar-refractivity contribution is 0.0600. The predicted molar refractivity (Wildman–Crippen MR) is 155 cm³/mol. The molecule has 0 aliphatic carbocycles. The summed E-state index contributed by atoms with van der Waals surface area (Å²) in [5.74, 6) is 2.00. The molecule has 2 aromatic carbocycles. The lowest BCUT2D eigenvalue weighted by atomic mass is 10.1. The van der Waals surface area contributed by atoms with Crippen molar-refractivity contribution < 1.29 is 19.4 Å². The van der Waals surface area contributed by atoms with Crippen LogP contribution in [0.3, 0.4) is 0 Å². The van der Waals surface area contributed by atoms with Crippen LogP contribution in [0.4, 0.5) is 10.7 Å². The Morgan fingerprint density at radius 2 is 2.05 bits per heavy atom. The van der Waals surface area contributed by atoms with Crippen molar-refractivity contribution in [3.63, 3.8) is 0 Å². The standard InChI is InChI=1S/C29H32ClNO4S2/c1-20(23-10-3-4-11-24(23)30)35-26-18-27(37-28(26)29(33)34-2)31-14-6-5-9-22-13-12-21(17-25(22)31)19-36-16-8-7-15-32/h3-4,6,10-14,17-18,20,32H,5,7-9,15-16,19H2,1-2H3/t20-/m1/s1. The number of hydrogen-bond donors (Lipinski definition) is 1. The summed E-state index contributed by atoms with van der Waals surface area (Å²) in [6, 6.07) is 16.1. The van der Waals surface area contributed by atoms with Gasteiger partial charge in [-0.1, -0.05) is 48.0 Å². The molecule has 8 heteroatoms. The number of rotatable bonds is 11. The van der Waals surface area contributed by atoms with Gasteiger partial charge in [0, 0.05) is 40.9 Å². The number of aryl methyl sites for hydroxylation is 1. The maximum atomic E-state index is 12.7. The number of allylic oxidation sites excluding steroid dienone is 1. The molecule has 196 valence electrons. The zero-order valence-corrected chi connectivity index (χ0v) is 23.5. The lowest BCUT2D eigenvalue weighted by Gasteiger charge is -2.21. The van der Waals surface area contributed by atoms with Gasteiger partial charge in [-0.15, -0.1) is 11.3 Å². The molecule has 0 amide bonds. The van der Waals surface area contributed by atoms with Crippen molar-refractivity contribution >= 4 is 51.4 Å². The summed E-state index contributed by atoms with van der Waals surface area (Å²) in [5, 5.41) is 10.5. The van der Waals surface area contributed by atoms with Crippen molar-refractivity contribution in [2.45, 2.75) is 44.5 Å². The van der Waals surface area contributed by atoms with Crippen LogP contribution in [0.15, 0.2) is 60.8 Å². The van der Waals surface area contributed by atoms with Crippen molar-refractivity contribution in [1.29, 1.82) is 0 Å². The molecule has 1 aromatic heterocycles. The topological polar surface area (TPSA) is 59.0 Å². The number of halogens is 1. The number of hydrogen-bond acceptors (Lipinski definition) is 7. The van der Waals surface area contributed by atoms with Crippen LogP contribution in [0.25, 0.3) is 0 Å². The first-order chi connectivity index (χ1) is 18.0. The Balaban J connectivity index is 1.63. The molecule has 2 heterocycles. The smallest absolute Gasteiger partial charge is 0.351 e. The zero-order chi connectivity index (χ0) is 26.2. The van der Waals surface area contributed by atoms with Crippen LogP contribution in [0.1, 0.15) is 58.7 Å². The summed E-state index contributed by atoms with van der Waals surface area (Å²) in [6.07, 6.45) is 7.65. The summed E-state index contributed by atoms with van der Waals surface area (Å²) in [5.41, 5.74) is 4.49. The fourth-order valence-corrected chi connectivity index (χ4v) is 6.46. The van der Waals surface area contributed by atoms with Gasteiger partial charge in [-0.05, 0) is 61.6 Å². The number of nitrogens with zero attached hydrogens (tertiary/aromatic N) is 1. The minimum Gasteiger partial charge on any atom is -0.484 e. The third-order valence-corrected chi connectivity index (χ3v) is 8.70. The Morgan fingerprint density at radius 1 is 1.22 bits per heavy atom. The Bertz CT molecular complexity index is 1240. The van der Waals surface area contributed by atoms with Crippen LogP contribution >= 0.6 is 34.7 Å². The molecule has 0 saturated carbocycles. The van der Waals surface area contributed by atoms with E-state index in [0.717, 1.165) is 53.4 Å². The summed E-state index contributed by atoms with van der Waals surface area (Å²) in [6.45, 7) is 2.17. The van der Waals surface area contributed by atoms with Crippen LogP contribution in [0.2, 0.25) is 5.02 Å². The summed E-state index contributed by atoms with van der Waals surface area (Å²) in [7, 11) is 1.38. The van der Waals surface area contributed by atoms with Crippen LogP contribution < -0.4 is 9.64 Å². The molecule has 3 aromatic rings. The molecule has 1 aliphatic heterocycles. The van der Waals surface area contributed by atoms with Gasteiger partial charge in [-0.25, -0.2) is 4.79 Å². The number of thioether (sulfide) groups is 1. The lowest BCUT2D eigenvalue weighted by Crippen LogP contribution is -2.08. The van der Waals surface area contributed by atoms with Crippen molar-refractivity contribution in [1.82, 2.24) is 0 Å². The molecule has 4 rings (SSSR count). The molecular formula is C29H32ClNO4S2. The number of esters is 1. The summed E-state index contributed by atoms with van der Waals surface area (Å²) in [4.78, 5) is 15.3. The molecule has 0 spiro atoms. The van der Waals surface area contributed by atoms with E-state index in [9.17, 15) is 4.79 Å². The normalized spacial score (nSPS) is 13.7. The second-order valence-corrected chi connectivity index (χ2v) is 11.3. The fraction of sp³-hybridized carbons (Fsp3) is 0.345. The Kier molecular flexibility index (Phi) is 9.97. The van der Waals surface area contributed by atoms with E-state index in [4.69, 9.17) is 26.2 Å². The Labute approximate surface area is 232 Å². The van der Waals surface area contributed by atoms with E-state index in [1.165, 1.54) is 29.6 Å². The maximum Gasteiger partial charge on any atom is 0.351 e. The maximum absolute atomic E-state index is 12.7. The summed E-state index contributed by atoms with van der Waals surface area (Å²) < 4.78 is 11.4. The van der Waals surface area contributed by atoms with Gasteiger partial charge in [0.05, 0.1) is 7.11 Å². The highest BCUT2D eigenvalue weighted by molar-refractivity contribution is 7.98. The predicted octanol–water partition coefficient (Wildman–Crippen LogP) is 7.93. The highest BCUT2D eigenvalue weighted by Gasteiger charge is 2.25. The Morgan fingerprint density at radius 3 is 2.84 bits per heavy atom. The number of ether oxygens (including phenoxy) is 2. The molecule has 0 fully saturated rings. The minimum atomic E-state index is -0.426. The second kappa shape index (κ2) is 13.4. The minimum absolute atomic E-state index is 0.248. The summed E-state index contributed by atoms with van der Waals surface area (Å²) >= 11 is 9.63. The quantitative estimate of drug-likeness (QED) is 0.191. The number of anilines is 2. The number of benzene rings is 2. The number of aliphatic hydroxyl groups is 1. The number of carbonyl (C=O) groups excluding carboxylic acids is 1. The van der Waals surface area contributed by atoms with Gasteiger partial charge in [0.2, 0.25) is 0 Å². The Hall–Kier alpha value is -2.45. The SMILES string of the molecule is COC(=O)c1sc(N2C=CCCc3ccc(CSCCCCO)cc32)cc1O[C@H](C)c1ccccc1Cl. The molecule has 0 bridgehead atoms. The molecule has 0 saturated heterocycles. The van der Waals surface area contributed by atoms with Gasteiger partial charge >= 0.3 is 5.97 Å². The van der Waals surface area contributed by atoms with Gasteiger partial charge in [0.1, 0.15) is 16.9 Å². The van der Waals surface area contributed by atoms with E-state index in [-0.39, 0.29) is 12.7 Å². The van der Waals surface area contributed by atoms with Crippen LogP contribution in [-0.4, -0.2) is 30.5 Å². The molecule has 1 atom stereocenters. The number of unbranched alkanes of at least 4 members (excludes halogenated alkanes) is 1. The molecule has 5 nitrogen and oxygen atoms in total. The van der Waals surface area contributed by atoms with E-state index in [2.05, 4.69) is 35.4 Å². The number of aliphatic hydroxyl groups excluding tert-OH is 1. The molecular weight excluding hydrogens is 526 g/mol. The van der Waals surface area contributed by atoms with Gasteiger partial charge in [0.25, 0.3) is 0 Å². The van der Waals surface area contributed by atoms with Gasteiger partial charge in [-0.3, -0.25) is 0 Å².